The van der Waals surface area contributed by atoms with Gasteiger partial charge in [-0.3, -0.25) is 0 Å². The van der Waals surface area contributed by atoms with Gasteiger partial charge in [0.15, 0.2) is 0 Å². The Bertz CT molecular complexity index is 401. The van der Waals surface area contributed by atoms with E-state index in [4.69, 9.17) is 11.6 Å². The normalized spacial score (nSPS) is 20.3. The largest absolute Gasteiger partial charge is 0.416 e. The lowest BCUT2D eigenvalue weighted by atomic mass is 9.88. The molecule has 2 rings (SSSR count). The van der Waals surface area contributed by atoms with E-state index in [0.29, 0.717) is 12.1 Å². The molecule has 0 saturated carbocycles. The van der Waals surface area contributed by atoms with Crippen LogP contribution in [-0.2, 0) is 6.18 Å². The minimum atomic E-state index is -4.34. The molecule has 1 N–H and O–H groups in total. The van der Waals surface area contributed by atoms with Crippen LogP contribution in [0.3, 0.4) is 0 Å². The summed E-state index contributed by atoms with van der Waals surface area (Å²) in [4.78, 5) is 0. The summed E-state index contributed by atoms with van der Waals surface area (Å²) in [6.45, 7) is 1.48. The van der Waals surface area contributed by atoms with E-state index in [1.807, 2.05) is 0 Å². The first-order valence-electron chi connectivity index (χ1n) is 5.56. The second kappa shape index (κ2) is 6.13. The van der Waals surface area contributed by atoms with Gasteiger partial charge in [-0.05, 0) is 43.0 Å². The van der Waals surface area contributed by atoms with Crippen LogP contribution in [0.1, 0.15) is 29.9 Å². The third-order valence-electron chi connectivity index (χ3n) is 3.06. The van der Waals surface area contributed by atoms with Crippen LogP contribution in [0, 0.1) is 0 Å². The highest BCUT2D eigenvalue weighted by Gasteiger charge is 2.35. The molecule has 102 valence electrons. The number of piperidine rings is 1. The first kappa shape index (κ1) is 15.6. The van der Waals surface area contributed by atoms with Gasteiger partial charge in [-0.1, -0.05) is 17.7 Å². The highest BCUT2D eigenvalue weighted by molar-refractivity contribution is 6.30. The van der Waals surface area contributed by atoms with Crippen molar-refractivity contribution in [1.29, 1.82) is 0 Å². The molecule has 0 amide bonds. The van der Waals surface area contributed by atoms with Gasteiger partial charge in [-0.15, -0.1) is 12.4 Å². The van der Waals surface area contributed by atoms with E-state index in [9.17, 15) is 13.2 Å². The van der Waals surface area contributed by atoms with Crippen molar-refractivity contribution in [3.05, 3.63) is 34.3 Å². The van der Waals surface area contributed by atoms with Crippen molar-refractivity contribution in [2.75, 3.05) is 13.1 Å². The molecule has 1 fully saturated rings. The number of alkyl halides is 3. The van der Waals surface area contributed by atoms with Crippen molar-refractivity contribution in [2.45, 2.75) is 24.9 Å². The maximum absolute atomic E-state index is 12.9. The maximum Gasteiger partial charge on any atom is 0.416 e. The Hall–Kier alpha value is -0.450. The first-order valence-corrected chi connectivity index (χ1v) is 5.93. The van der Waals surface area contributed by atoms with Gasteiger partial charge in [0, 0.05) is 11.6 Å². The summed E-state index contributed by atoms with van der Waals surface area (Å²) in [6.07, 6.45) is -2.64. The van der Waals surface area contributed by atoms with Crippen LogP contribution in [0.5, 0.6) is 0 Å². The number of hydrogen-bond donors (Lipinski definition) is 1. The Morgan fingerprint density at radius 3 is 2.56 bits per heavy atom. The van der Waals surface area contributed by atoms with Crippen molar-refractivity contribution in [3.8, 4) is 0 Å². The summed E-state index contributed by atoms with van der Waals surface area (Å²) < 4.78 is 38.7. The zero-order valence-corrected chi connectivity index (χ0v) is 11.1. The number of hydrogen-bond acceptors (Lipinski definition) is 1. The van der Waals surface area contributed by atoms with E-state index < -0.39 is 11.7 Å². The van der Waals surface area contributed by atoms with Crippen molar-refractivity contribution in [2.24, 2.45) is 0 Å². The first-order chi connectivity index (χ1) is 7.98. The van der Waals surface area contributed by atoms with Crippen LogP contribution in [0.2, 0.25) is 5.02 Å². The third kappa shape index (κ3) is 3.53. The highest BCUT2D eigenvalue weighted by Crippen LogP contribution is 2.38. The van der Waals surface area contributed by atoms with Crippen molar-refractivity contribution >= 4 is 24.0 Å². The molecule has 1 saturated heterocycles. The smallest absolute Gasteiger partial charge is 0.316 e. The van der Waals surface area contributed by atoms with E-state index in [2.05, 4.69) is 5.32 Å². The molecule has 1 aromatic rings. The zero-order chi connectivity index (χ0) is 12.5. The van der Waals surface area contributed by atoms with Gasteiger partial charge in [0.05, 0.1) is 5.56 Å². The van der Waals surface area contributed by atoms with Crippen molar-refractivity contribution < 1.29 is 13.2 Å². The minimum Gasteiger partial charge on any atom is -0.316 e. The van der Waals surface area contributed by atoms with Crippen molar-refractivity contribution in [1.82, 2.24) is 5.32 Å². The van der Waals surface area contributed by atoms with Crippen LogP contribution in [-0.4, -0.2) is 13.1 Å². The SMILES string of the molecule is Cl.FC(F)(F)c1cc(Cl)ccc1C1CCCNC1. The minimum absolute atomic E-state index is 0. The lowest BCUT2D eigenvalue weighted by Gasteiger charge is -2.26. The van der Waals surface area contributed by atoms with E-state index in [0.717, 1.165) is 25.5 Å². The predicted molar refractivity (Wildman–Crippen MR) is 68.5 cm³/mol. The molecule has 1 aliphatic heterocycles. The van der Waals surface area contributed by atoms with E-state index >= 15 is 0 Å². The fraction of sp³-hybridized carbons (Fsp3) is 0.500. The fourth-order valence-electron chi connectivity index (χ4n) is 2.25. The second-order valence-electron chi connectivity index (χ2n) is 4.27. The molecule has 6 heteroatoms. The molecule has 1 nitrogen and oxygen atoms in total. The molecule has 0 spiro atoms. The second-order valence-corrected chi connectivity index (χ2v) is 4.71. The Morgan fingerprint density at radius 2 is 2.00 bits per heavy atom. The molecule has 0 aromatic heterocycles. The summed E-state index contributed by atoms with van der Waals surface area (Å²) >= 11 is 5.65. The summed E-state index contributed by atoms with van der Waals surface area (Å²) in [5, 5.41) is 3.26. The zero-order valence-electron chi connectivity index (χ0n) is 9.56. The fourth-order valence-corrected chi connectivity index (χ4v) is 2.42. The number of nitrogens with one attached hydrogen (secondary N) is 1. The third-order valence-corrected chi connectivity index (χ3v) is 3.29. The topological polar surface area (TPSA) is 12.0 Å². The Labute approximate surface area is 115 Å². The van der Waals surface area contributed by atoms with E-state index in [-0.39, 0.29) is 23.3 Å². The average molecular weight is 300 g/mol. The molecule has 18 heavy (non-hydrogen) atoms. The molecule has 1 unspecified atom stereocenters. The molecule has 1 atom stereocenters. The van der Waals surface area contributed by atoms with Gasteiger partial charge in [0.25, 0.3) is 0 Å². The van der Waals surface area contributed by atoms with Gasteiger partial charge in [-0.2, -0.15) is 13.2 Å². The van der Waals surface area contributed by atoms with Gasteiger partial charge in [-0.25, -0.2) is 0 Å². The summed E-state index contributed by atoms with van der Waals surface area (Å²) in [6, 6.07) is 4.05. The van der Waals surface area contributed by atoms with Crippen LogP contribution < -0.4 is 5.32 Å². The summed E-state index contributed by atoms with van der Waals surface area (Å²) in [7, 11) is 0. The number of benzene rings is 1. The Morgan fingerprint density at radius 1 is 1.28 bits per heavy atom. The van der Waals surface area contributed by atoms with Crippen molar-refractivity contribution in [3.63, 3.8) is 0 Å². The Kier molecular flexibility index (Phi) is 5.32. The molecule has 1 heterocycles. The van der Waals surface area contributed by atoms with Crippen LogP contribution >= 0.6 is 24.0 Å². The number of rotatable bonds is 1. The summed E-state index contributed by atoms with van der Waals surface area (Å²) in [5.74, 6) is -0.0716. The van der Waals surface area contributed by atoms with E-state index in [1.165, 1.54) is 12.1 Å². The van der Waals surface area contributed by atoms with Gasteiger partial charge >= 0.3 is 6.18 Å². The monoisotopic (exact) mass is 299 g/mol. The predicted octanol–water partition coefficient (Wildman–Crippen LogP) is 4.25. The van der Waals surface area contributed by atoms with Gasteiger partial charge in [0.2, 0.25) is 0 Å². The molecular weight excluding hydrogens is 286 g/mol. The number of halogens is 5. The van der Waals surface area contributed by atoms with Crippen LogP contribution in [0.4, 0.5) is 13.2 Å². The van der Waals surface area contributed by atoms with Gasteiger partial charge in [0.1, 0.15) is 0 Å². The molecule has 0 bridgehead atoms. The lowest BCUT2D eigenvalue weighted by Crippen LogP contribution is -2.29. The van der Waals surface area contributed by atoms with E-state index in [1.54, 1.807) is 0 Å². The molecule has 1 aliphatic rings. The molecule has 0 aliphatic carbocycles. The standard InChI is InChI=1S/C12H13ClF3N.ClH/c13-9-3-4-10(8-2-1-5-17-7-8)11(6-9)12(14,15)16;/h3-4,6,8,17H,1-2,5,7H2;1H. The lowest BCUT2D eigenvalue weighted by molar-refractivity contribution is -0.138. The maximum atomic E-state index is 12.9. The molecule has 1 aromatic carbocycles. The quantitative estimate of drug-likeness (QED) is 0.817. The Balaban J connectivity index is 0.00000162. The molecular formula is C12H14Cl2F3N. The molecule has 0 radical (unpaired) electrons. The average Bonchev–Trinajstić information content (AvgIpc) is 2.29. The summed E-state index contributed by atoms with van der Waals surface area (Å²) in [5.41, 5.74) is -0.243. The van der Waals surface area contributed by atoms with Crippen LogP contribution in [0.15, 0.2) is 18.2 Å². The van der Waals surface area contributed by atoms with Crippen LogP contribution in [0.25, 0.3) is 0 Å². The highest BCUT2D eigenvalue weighted by atomic mass is 35.5. The van der Waals surface area contributed by atoms with Gasteiger partial charge < -0.3 is 5.32 Å².